The Kier molecular flexibility index (Phi) is 6.43. The summed E-state index contributed by atoms with van der Waals surface area (Å²) < 4.78 is -0.182. The predicted octanol–water partition coefficient (Wildman–Crippen LogP) is 4.90. The third-order valence-corrected chi connectivity index (χ3v) is 4.24. The van der Waals surface area contributed by atoms with E-state index < -0.39 is 0 Å². The summed E-state index contributed by atoms with van der Waals surface area (Å²) in [5.74, 6) is 0. The van der Waals surface area contributed by atoms with E-state index in [0.717, 1.165) is 25.9 Å². The molecule has 3 heteroatoms. The molecule has 1 aromatic carbocycles. The Balaban J connectivity index is 2.73. The van der Waals surface area contributed by atoms with Gasteiger partial charge in [-0.1, -0.05) is 55.9 Å². The van der Waals surface area contributed by atoms with Gasteiger partial charge in [-0.05, 0) is 32.3 Å². The second-order valence-corrected chi connectivity index (χ2v) is 6.81. The molecule has 0 saturated carbocycles. The maximum atomic E-state index is 12.4. The molecule has 2 nitrogen and oxygen atoms in total. The maximum absolute atomic E-state index is 12.4. The van der Waals surface area contributed by atoms with Crippen molar-refractivity contribution in [2.75, 3.05) is 13.1 Å². The highest BCUT2D eigenvalue weighted by Crippen LogP contribution is 2.37. The van der Waals surface area contributed by atoms with E-state index in [4.69, 9.17) is 0 Å². The Morgan fingerprint density at radius 1 is 1.11 bits per heavy atom. The molecule has 0 spiro atoms. The van der Waals surface area contributed by atoms with Crippen LogP contribution in [0, 0.1) is 0 Å². The molecule has 0 bridgehead atoms. The van der Waals surface area contributed by atoms with Crippen LogP contribution in [0.1, 0.15) is 46.1 Å². The first-order chi connectivity index (χ1) is 9.01. The molecule has 1 amide bonds. The van der Waals surface area contributed by atoms with Crippen LogP contribution in [-0.4, -0.2) is 23.2 Å². The summed E-state index contributed by atoms with van der Waals surface area (Å²) in [5.41, 5.74) is 1.20. The van der Waals surface area contributed by atoms with Crippen molar-refractivity contribution in [2.24, 2.45) is 0 Å². The van der Waals surface area contributed by atoms with Crippen LogP contribution in [0.2, 0.25) is 0 Å². The van der Waals surface area contributed by atoms with Crippen LogP contribution in [-0.2, 0) is 4.75 Å². The fourth-order valence-electron chi connectivity index (χ4n) is 2.02. The van der Waals surface area contributed by atoms with Gasteiger partial charge >= 0.3 is 0 Å². The average molecular weight is 279 g/mol. The number of thioether (sulfide) groups is 1. The lowest BCUT2D eigenvalue weighted by Gasteiger charge is -2.28. The van der Waals surface area contributed by atoms with Gasteiger partial charge in [-0.3, -0.25) is 4.79 Å². The van der Waals surface area contributed by atoms with Crippen LogP contribution in [0.5, 0.6) is 0 Å². The van der Waals surface area contributed by atoms with Crippen LogP contribution >= 0.6 is 11.8 Å². The second kappa shape index (κ2) is 7.59. The lowest BCUT2D eigenvalue weighted by molar-refractivity contribution is 0.222. The largest absolute Gasteiger partial charge is 0.334 e. The molecule has 1 rings (SSSR count). The van der Waals surface area contributed by atoms with Crippen molar-refractivity contribution >= 4 is 17.0 Å². The standard InChI is InChI=1S/C16H25NOS/c1-5-12-17(13-6-2)15(18)19-16(3,4)14-10-8-7-9-11-14/h7-11H,5-6,12-13H2,1-4H3. The molecular weight excluding hydrogens is 254 g/mol. The average Bonchev–Trinajstić information content (AvgIpc) is 2.39. The van der Waals surface area contributed by atoms with Crippen molar-refractivity contribution in [2.45, 2.75) is 45.3 Å². The van der Waals surface area contributed by atoms with Gasteiger partial charge in [0.2, 0.25) is 0 Å². The summed E-state index contributed by atoms with van der Waals surface area (Å²) in [6, 6.07) is 10.2. The monoisotopic (exact) mass is 279 g/mol. The Morgan fingerprint density at radius 2 is 1.63 bits per heavy atom. The maximum Gasteiger partial charge on any atom is 0.282 e. The number of hydrogen-bond donors (Lipinski definition) is 0. The lowest BCUT2D eigenvalue weighted by atomic mass is 10.0. The van der Waals surface area contributed by atoms with Gasteiger partial charge in [0.25, 0.3) is 5.24 Å². The van der Waals surface area contributed by atoms with Crippen molar-refractivity contribution in [3.63, 3.8) is 0 Å². The van der Waals surface area contributed by atoms with Gasteiger partial charge in [-0.15, -0.1) is 0 Å². The first-order valence-corrected chi connectivity index (χ1v) is 7.86. The number of carbonyl (C=O) groups is 1. The fourth-order valence-corrected chi connectivity index (χ4v) is 3.02. The SMILES string of the molecule is CCCN(CCC)C(=O)SC(C)(C)c1ccccc1. The van der Waals surface area contributed by atoms with E-state index in [0.29, 0.717) is 0 Å². The van der Waals surface area contributed by atoms with Gasteiger partial charge in [0.15, 0.2) is 0 Å². The van der Waals surface area contributed by atoms with Gasteiger partial charge in [-0.25, -0.2) is 0 Å². The molecule has 0 unspecified atom stereocenters. The van der Waals surface area contributed by atoms with Crippen molar-refractivity contribution in [3.8, 4) is 0 Å². The van der Waals surface area contributed by atoms with Gasteiger partial charge in [0, 0.05) is 17.8 Å². The zero-order chi connectivity index (χ0) is 14.3. The van der Waals surface area contributed by atoms with E-state index in [1.165, 1.54) is 17.3 Å². The second-order valence-electron chi connectivity index (χ2n) is 5.23. The van der Waals surface area contributed by atoms with Crippen LogP contribution in [0.25, 0.3) is 0 Å². The molecule has 0 fully saturated rings. The molecule has 1 aromatic rings. The minimum Gasteiger partial charge on any atom is -0.334 e. The van der Waals surface area contributed by atoms with Crippen molar-refractivity contribution in [1.82, 2.24) is 4.90 Å². The van der Waals surface area contributed by atoms with Crippen LogP contribution in [0.15, 0.2) is 30.3 Å². The highest BCUT2D eigenvalue weighted by atomic mass is 32.2. The molecule has 0 aliphatic rings. The number of amides is 1. The minimum atomic E-state index is -0.182. The number of nitrogens with zero attached hydrogens (tertiary/aromatic N) is 1. The smallest absolute Gasteiger partial charge is 0.282 e. The number of benzene rings is 1. The first kappa shape index (κ1) is 16.1. The Hall–Kier alpha value is -0.960. The predicted molar refractivity (Wildman–Crippen MR) is 84.6 cm³/mol. The molecule has 0 radical (unpaired) electrons. The summed E-state index contributed by atoms with van der Waals surface area (Å²) in [6.45, 7) is 10.2. The topological polar surface area (TPSA) is 20.3 Å². The Bertz CT molecular complexity index is 383. The summed E-state index contributed by atoms with van der Waals surface area (Å²) >= 11 is 1.43. The van der Waals surface area contributed by atoms with Gasteiger partial charge in [-0.2, -0.15) is 0 Å². The van der Waals surface area contributed by atoms with Crippen LogP contribution < -0.4 is 0 Å². The first-order valence-electron chi connectivity index (χ1n) is 7.04. The number of carbonyl (C=O) groups excluding carboxylic acids is 1. The van der Waals surface area contributed by atoms with Gasteiger partial charge < -0.3 is 4.90 Å². The molecular formula is C16H25NOS. The molecule has 0 aliphatic carbocycles. The van der Waals surface area contributed by atoms with E-state index in [-0.39, 0.29) is 9.99 Å². The summed E-state index contributed by atoms with van der Waals surface area (Å²) in [7, 11) is 0. The van der Waals surface area contributed by atoms with E-state index in [1.54, 1.807) is 0 Å². The Labute approximate surface area is 121 Å². The summed E-state index contributed by atoms with van der Waals surface area (Å²) in [4.78, 5) is 14.4. The Morgan fingerprint density at radius 3 is 2.11 bits per heavy atom. The highest BCUT2D eigenvalue weighted by Gasteiger charge is 2.27. The molecule has 0 aromatic heterocycles. The molecule has 0 aliphatic heterocycles. The van der Waals surface area contributed by atoms with Crippen molar-refractivity contribution < 1.29 is 4.79 Å². The highest BCUT2D eigenvalue weighted by molar-refractivity contribution is 8.14. The summed E-state index contributed by atoms with van der Waals surface area (Å²) in [5, 5.41) is 0.192. The van der Waals surface area contributed by atoms with E-state index in [2.05, 4.69) is 39.8 Å². The molecule has 106 valence electrons. The van der Waals surface area contributed by atoms with Crippen molar-refractivity contribution in [1.29, 1.82) is 0 Å². The van der Waals surface area contributed by atoms with Gasteiger partial charge in [0.1, 0.15) is 0 Å². The van der Waals surface area contributed by atoms with Crippen molar-refractivity contribution in [3.05, 3.63) is 35.9 Å². The molecule has 0 saturated heterocycles. The van der Waals surface area contributed by atoms with Gasteiger partial charge in [0.05, 0.1) is 0 Å². The molecule has 0 atom stereocenters. The van der Waals surface area contributed by atoms with Crippen LogP contribution in [0.3, 0.4) is 0 Å². The number of hydrogen-bond acceptors (Lipinski definition) is 2. The fraction of sp³-hybridized carbons (Fsp3) is 0.562. The molecule has 0 heterocycles. The normalized spacial score (nSPS) is 11.4. The summed E-state index contributed by atoms with van der Waals surface area (Å²) in [6.07, 6.45) is 2.02. The third kappa shape index (κ3) is 4.90. The van der Waals surface area contributed by atoms with Crippen LogP contribution in [0.4, 0.5) is 4.79 Å². The zero-order valence-electron chi connectivity index (χ0n) is 12.5. The molecule has 0 N–H and O–H groups in total. The molecule has 19 heavy (non-hydrogen) atoms. The third-order valence-electron chi connectivity index (χ3n) is 3.06. The minimum absolute atomic E-state index is 0.182. The number of rotatable bonds is 6. The van der Waals surface area contributed by atoms with E-state index >= 15 is 0 Å². The van der Waals surface area contributed by atoms with E-state index in [1.807, 2.05) is 23.1 Å². The zero-order valence-corrected chi connectivity index (χ0v) is 13.3. The lowest BCUT2D eigenvalue weighted by Crippen LogP contribution is -2.31. The quantitative estimate of drug-likeness (QED) is 0.738. The van der Waals surface area contributed by atoms with E-state index in [9.17, 15) is 4.79 Å².